The van der Waals surface area contributed by atoms with Crippen LogP contribution in [0.4, 0.5) is 0 Å². The topological polar surface area (TPSA) is 37.4 Å². The van der Waals surface area contributed by atoms with Crippen LogP contribution in [0, 0.1) is 0 Å². The Hall–Kier alpha value is -1.07. The number of rotatable bonds is 5. The Bertz CT molecular complexity index is 510. The zero-order chi connectivity index (χ0) is 13.7. The highest BCUT2D eigenvalue weighted by Gasteiger charge is 2.30. The first kappa shape index (κ1) is 14.3. The minimum atomic E-state index is -3.34. The maximum absolute atomic E-state index is 12.5. The molecule has 0 spiro atoms. The minimum absolute atomic E-state index is 0.604. The molecule has 1 aliphatic rings. The molecule has 1 unspecified atom stereocenters. The minimum Gasteiger partial charge on any atom is -0.285 e. The van der Waals surface area contributed by atoms with Crippen LogP contribution < -0.4 is 5.46 Å². The molecular formula is C14H19BNO2S. The van der Waals surface area contributed by atoms with E-state index in [0.717, 1.165) is 25.9 Å². The fourth-order valence-electron chi connectivity index (χ4n) is 2.45. The molecule has 1 aliphatic heterocycles. The first-order chi connectivity index (χ1) is 9.13. The Morgan fingerprint density at radius 2 is 1.79 bits per heavy atom. The van der Waals surface area contributed by atoms with Crippen molar-refractivity contribution in [1.29, 1.82) is 0 Å². The van der Waals surface area contributed by atoms with Crippen molar-refractivity contribution in [2.75, 3.05) is 13.1 Å². The van der Waals surface area contributed by atoms with E-state index in [1.807, 2.05) is 23.1 Å². The Morgan fingerprint density at radius 3 is 2.37 bits per heavy atom. The molecule has 0 bridgehead atoms. The van der Waals surface area contributed by atoms with Gasteiger partial charge in [0.05, 0.1) is 0 Å². The van der Waals surface area contributed by atoms with Gasteiger partial charge >= 0.3 is 6.56 Å². The monoisotopic (exact) mass is 276 g/mol. The van der Waals surface area contributed by atoms with Gasteiger partial charge in [0.25, 0.3) is 0 Å². The predicted octanol–water partition coefficient (Wildman–Crippen LogP) is 1.34. The lowest BCUT2D eigenvalue weighted by Gasteiger charge is -2.32. The third-order valence-corrected chi connectivity index (χ3v) is 5.15. The summed E-state index contributed by atoms with van der Waals surface area (Å²) in [7, 11) is -3.34. The highest BCUT2D eigenvalue weighted by molar-refractivity contribution is 8.16. The van der Waals surface area contributed by atoms with Gasteiger partial charge in [-0.25, -0.2) is 8.42 Å². The smallest absolute Gasteiger partial charge is 0.285 e. The van der Waals surface area contributed by atoms with E-state index in [1.165, 1.54) is 13.0 Å². The van der Waals surface area contributed by atoms with E-state index >= 15 is 0 Å². The third kappa shape index (κ3) is 3.70. The van der Waals surface area contributed by atoms with Crippen molar-refractivity contribution in [3.63, 3.8) is 0 Å². The van der Waals surface area contributed by atoms with Crippen LogP contribution in [-0.2, 0) is 9.69 Å². The molecule has 2 rings (SSSR count). The quantitative estimate of drug-likeness (QED) is 0.601. The van der Waals surface area contributed by atoms with Crippen molar-refractivity contribution in [1.82, 2.24) is 4.90 Å². The predicted molar refractivity (Wildman–Crippen MR) is 80.2 cm³/mol. The average Bonchev–Trinajstić information content (AvgIpc) is 2.41. The van der Waals surface area contributed by atoms with Gasteiger partial charge in [0.2, 0.25) is 0 Å². The van der Waals surface area contributed by atoms with Gasteiger partial charge < -0.3 is 0 Å². The number of piperidine rings is 1. The van der Waals surface area contributed by atoms with E-state index in [9.17, 15) is 8.42 Å². The molecule has 0 aromatic heterocycles. The van der Waals surface area contributed by atoms with Crippen LogP contribution in [0.1, 0.15) is 19.3 Å². The number of hydrogen-bond acceptors (Lipinski definition) is 3. The van der Waals surface area contributed by atoms with Crippen LogP contribution >= 0.6 is 0 Å². The highest BCUT2D eigenvalue weighted by atomic mass is 32.2. The number of likely N-dealkylation sites (tertiary alicyclic amines) is 1. The Balaban J connectivity index is 2.14. The summed E-state index contributed by atoms with van der Waals surface area (Å²) in [5, 5.41) is -0.604. The standard InChI is InChI=1S/C14H19BNO2S/c1-2-14(16-11-7-4-8-12-16)19(17,18)15-13-9-5-3-6-10-13/h2-3,5-6,9-10,14H,1,4,7-8,11-12H2. The van der Waals surface area contributed by atoms with Crippen LogP contribution in [0.25, 0.3) is 0 Å². The van der Waals surface area contributed by atoms with Crippen LogP contribution in [0.3, 0.4) is 0 Å². The molecule has 19 heavy (non-hydrogen) atoms. The molecule has 0 aliphatic carbocycles. The van der Waals surface area contributed by atoms with E-state index in [-0.39, 0.29) is 0 Å². The van der Waals surface area contributed by atoms with Crippen molar-refractivity contribution in [3.8, 4) is 0 Å². The highest BCUT2D eigenvalue weighted by Crippen LogP contribution is 2.16. The second kappa shape index (κ2) is 6.39. The Morgan fingerprint density at radius 1 is 1.16 bits per heavy atom. The maximum atomic E-state index is 12.5. The normalized spacial score (nSPS) is 18.7. The average molecular weight is 276 g/mol. The molecule has 101 valence electrons. The Kier molecular flexibility index (Phi) is 4.83. The molecule has 1 saturated heterocycles. The summed E-state index contributed by atoms with van der Waals surface area (Å²) in [6.45, 7) is 6.72. The molecule has 1 fully saturated rings. The first-order valence-corrected chi connectivity index (χ1v) is 8.25. The van der Waals surface area contributed by atoms with Gasteiger partial charge in [-0.05, 0) is 25.9 Å². The van der Waals surface area contributed by atoms with E-state index in [2.05, 4.69) is 6.58 Å². The number of hydrogen-bond donors (Lipinski definition) is 0. The molecule has 0 amide bonds. The molecule has 1 aromatic carbocycles. The van der Waals surface area contributed by atoms with Crippen molar-refractivity contribution in [2.45, 2.75) is 24.6 Å². The summed E-state index contributed by atoms with van der Waals surface area (Å²) in [5.41, 5.74) is 0.714. The van der Waals surface area contributed by atoms with Gasteiger partial charge in [-0.3, -0.25) is 4.90 Å². The summed E-state index contributed by atoms with van der Waals surface area (Å²) in [6, 6.07) is 9.15. The summed E-state index contributed by atoms with van der Waals surface area (Å²) in [6.07, 6.45) is 4.85. The first-order valence-electron chi connectivity index (χ1n) is 6.64. The van der Waals surface area contributed by atoms with Crippen molar-refractivity contribution < 1.29 is 8.42 Å². The second-order valence-electron chi connectivity index (χ2n) is 4.84. The van der Waals surface area contributed by atoms with E-state index < -0.39 is 15.1 Å². The number of nitrogens with zero attached hydrogens (tertiary/aromatic N) is 1. The zero-order valence-electron chi connectivity index (χ0n) is 11.0. The van der Waals surface area contributed by atoms with Gasteiger partial charge in [0.1, 0.15) is 15.1 Å². The lowest BCUT2D eigenvalue weighted by Crippen LogP contribution is -2.46. The SMILES string of the molecule is C=CC(N1CCCCC1)S(=O)(=O)[B]c1ccccc1. The second-order valence-corrected chi connectivity index (χ2v) is 6.74. The Labute approximate surface area is 116 Å². The van der Waals surface area contributed by atoms with Gasteiger partial charge in [-0.1, -0.05) is 48.3 Å². The number of benzene rings is 1. The molecule has 1 aromatic rings. The third-order valence-electron chi connectivity index (χ3n) is 3.39. The van der Waals surface area contributed by atoms with Gasteiger partial charge in [0, 0.05) is 0 Å². The van der Waals surface area contributed by atoms with Gasteiger partial charge in [0.15, 0.2) is 0 Å². The van der Waals surface area contributed by atoms with E-state index in [0.29, 0.717) is 5.46 Å². The molecule has 1 atom stereocenters. The van der Waals surface area contributed by atoms with Gasteiger partial charge in [-0.2, -0.15) is 0 Å². The van der Waals surface area contributed by atoms with Crippen molar-refractivity contribution >= 4 is 21.7 Å². The molecule has 5 heteroatoms. The van der Waals surface area contributed by atoms with Gasteiger partial charge in [-0.15, -0.1) is 6.58 Å². The summed E-state index contributed by atoms with van der Waals surface area (Å²) < 4.78 is 24.9. The zero-order valence-corrected chi connectivity index (χ0v) is 11.8. The fraction of sp³-hybridized carbons (Fsp3) is 0.429. The largest absolute Gasteiger partial charge is 0.319 e. The molecule has 0 N–H and O–H groups in total. The molecule has 3 nitrogen and oxygen atoms in total. The van der Waals surface area contributed by atoms with E-state index in [4.69, 9.17) is 0 Å². The summed E-state index contributed by atoms with van der Waals surface area (Å²) in [4.78, 5) is 2.01. The molecule has 0 saturated carbocycles. The maximum Gasteiger partial charge on any atom is 0.319 e. The van der Waals surface area contributed by atoms with Crippen molar-refractivity contribution in [3.05, 3.63) is 43.0 Å². The van der Waals surface area contributed by atoms with Crippen LogP contribution in [0.2, 0.25) is 0 Å². The molecular weight excluding hydrogens is 257 g/mol. The molecule has 1 radical (unpaired) electrons. The summed E-state index contributed by atoms with van der Waals surface area (Å²) >= 11 is 0. The lowest BCUT2D eigenvalue weighted by molar-refractivity contribution is 0.230. The van der Waals surface area contributed by atoms with Crippen LogP contribution in [0.15, 0.2) is 43.0 Å². The fourth-order valence-corrected chi connectivity index (χ4v) is 4.03. The molecule has 1 heterocycles. The van der Waals surface area contributed by atoms with Crippen molar-refractivity contribution in [2.24, 2.45) is 0 Å². The van der Waals surface area contributed by atoms with E-state index in [1.54, 1.807) is 18.2 Å². The van der Waals surface area contributed by atoms with Crippen LogP contribution in [0.5, 0.6) is 0 Å². The van der Waals surface area contributed by atoms with Crippen LogP contribution in [-0.4, -0.2) is 38.3 Å². The summed E-state index contributed by atoms with van der Waals surface area (Å²) in [5.74, 6) is 0. The lowest BCUT2D eigenvalue weighted by atomic mass is 9.95.